The first-order valence-corrected chi connectivity index (χ1v) is 7.34. The molecule has 0 saturated carbocycles. The molecule has 0 bridgehead atoms. The van der Waals surface area contributed by atoms with Gasteiger partial charge in [-0.2, -0.15) is 0 Å². The van der Waals surface area contributed by atoms with Gasteiger partial charge in [0.2, 0.25) is 5.91 Å². The van der Waals surface area contributed by atoms with Gasteiger partial charge in [-0.25, -0.2) is 0 Å². The first-order valence-electron chi connectivity index (χ1n) is 7.34. The van der Waals surface area contributed by atoms with Crippen LogP contribution in [0.1, 0.15) is 25.8 Å². The lowest BCUT2D eigenvalue weighted by Crippen LogP contribution is -2.28. The summed E-state index contributed by atoms with van der Waals surface area (Å²) in [4.78, 5) is 14.0. The van der Waals surface area contributed by atoms with E-state index in [9.17, 15) is 4.79 Å². The fourth-order valence-corrected chi connectivity index (χ4v) is 1.84. The van der Waals surface area contributed by atoms with E-state index in [0.29, 0.717) is 25.3 Å². The molecule has 0 heterocycles. The van der Waals surface area contributed by atoms with Crippen LogP contribution in [0.25, 0.3) is 0 Å². The van der Waals surface area contributed by atoms with Gasteiger partial charge in [-0.1, -0.05) is 6.07 Å². The van der Waals surface area contributed by atoms with Crippen molar-refractivity contribution >= 4 is 17.3 Å². The molecule has 5 heteroatoms. The molecule has 0 aliphatic heterocycles. The molecule has 0 atom stereocenters. The number of rotatable bonds is 8. The topological polar surface area (TPSA) is 67.6 Å². The molecule has 1 rings (SSSR count). The molecule has 118 valence electrons. The van der Waals surface area contributed by atoms with Gasteiger partial charge in [0.1, 0.15) is 0 Å². The fourth-order valence-electron chi connectivity index (χ4n) is 1.84. The van der Waals surface area contributed by atoms with Crippen LogP contribution in [0.3, 0.4) is 0 Å². The standard InChI is InChI=1S/C16H27N3O2/c1-12(2)21-10-9-19(4)8-7-16(20)18-15-11-14(17)6-5-13(15)3/h5-6,11-12H,7-10,17H2,1-4H3,(H,18,20). The second-order valence-corrected chi connectivity index (χ2v) is 5.60. The average Bonchev–Trinajstić information content (AvgIpc) is 2.40. The fraction of sp³-hybridized carbons (Fsp3) is 0.562. The molecule has 1 aromatic carbocycles. The van der Waals surface area contributed by atoms with Crippen molar-refractivity contribution in [2.24, 2.45) is 0 Å². The summed E-state index contributed by atoms with van der Waals surface area (Å²) in [5, 5.41) is 2.90. The van der Waals surface area contributed by atoms with E-state index in [1.165, 1.54) is 0 Å². The number of nitrogens with one attached hydrogen (secondary N) is 1. The predicted molar refractivity (Wildman–Crippen MR) is 87.4 cm³/mol. The number of hydrogen-bond donors (Lipinski definition) is 2. The summed E-state index contributed by atoms with van der Waals surface area (Å²) < 4.78 is 5.49. The zero-order chi connectivity index (χ0) is 15.8. The highest BCUT2D eigenvalue weighted by Crippen LogP contribution is 2.18. The Hall–Kier alpha value is -1.59. The van der Waals surface area contributed by atoms with Crippen LogP contribution in [0.15, 0.2) is 18.2 Å². The van der Waals surface area contributed by atoms with Crippen molar-refractivity contribution in [3.63, 3.8) is 0 Å². The Morgan fingerprint density at radius 1 is 1.38 bits per heavy atom. The van der Waals surface area contributed by atoms with E-state index in [2.05, 4.69) is 10.2 Å². The number of hydrogen-bond acceptors (Lipinski definition) is 4. The lowest BCUT2D eigenvalue weighted by molar-refractivity contribution is -0.116. The van der Waals surface area contributed by atoms with E-state index in [0.717, 1.165) is 17.8 Å². The first kappa shape index (κ1) is 17.5. The molecule has 0 unspecified atom stereocenters. The Labute approximate surface area is 127 Å². The SMILES string of the molecule is Cc1ccc(N)cc1NC(=O)CCN(C)CCOC(C)C. The van der Waals surface area contributed by atoms with Crippen LogP contribution < -0.4 is 11.1 Å². The maximum atomic E-state index is 12.0. The largest absolute Gasteiger partial charge is 0.399 e. The van der Waals surface area contributed by atoms with Gasteiger partial charge in [0.25, 0.3) is 0 Å². The number of carbonyl (C=O) groups is 1. The Kier molecular flexibility index (Phi) is 7.19. The Morgan fingerprint density at radius 3 is 2.76 bits per heavy atom. The predicted octanol–water partition coefficient (Wildman–Crippen LogP) is 2.26. The molecule has 3 N–H and O–H groups in total. The minimum Gasteiger partial charge on any atom is -0.399 e. The quantitative estimate of drug-likeness (QED) is 0.722. The number of nitrogen functional groups attached to an aromatic ring is 1. The number of nitrogens with two attached hydrogens (primary N) is 1. The minimum absolute atomic E-state index is 0.000304. The Balaban J connectivity index is 2.32. The molecule has 0 aliphatic rings. The summed E-state index contributed by atoms with van der Waals surface area (Å²) in [6, 6.07) is 5.52. The number of amides is 1. The van der Waals surface area contributed by atoms with Gasteiger partial charge >= 0.3 is 0 Å². The summed E-state index contributed by atoms with van der Waals surface area (Å²) in [6.45, 7) is 8.19. The molecule has 0 fully saturated rings. The van der Waals surface area contributed by atoms with Crippen LogP contribution in [0.5, 0.6) is 0 Å². The van der Waals surface area contributed by atoms with Gasteiger partial charge in [0, 0.05) is 30.9 Å². The summed E-state index contributed by atoms with van der Waals surface area (Å²) in [6.07, 6.45) is 0.695. The molecule has 0 spiro atoms. The number of nitrogens with zero attached hydrogens (tertiary/aromatic N) is 1. The zero-order valence-electron chi connectivity index (χ0n) is 13.5. The highest BCUT2D eigenvalue weighted by Gasteiger charge is 2.07. The van der Waals surface area contributed by atoms with Crippen LogP contribution in [-0.2, 0) is 9.53 Å². The first-order chi connectivity index (χ1) is 9.88. The van der Waals surface area contributed by atoms with Gasteiger partial charge < -0.3 is 20.7 Å². The van der Waals surface area contributed by atoms with Crippen molar-refractivity contribution in [1.29, 1.82) is 0 Å². The summed E-state index contributed by atoms with van der Waals surface area (Å²) >= 11 is 0. The number of aryl methyl sites for hydroxylation is 1. The van der Waals surface area contributed by atoms with E-state index in [1.54, 1.807) is 6.07 Å². The van der Waals surface area contributed by atoms with Gasteiger partial charge in [0.15, 0.2) is 0 Å². The van der Waals surface area contributed by atoms with Crippen LogP contribution >= 0.6 is 0 Å². The van der Waals surface area contributed by atoms with Crippen molar-refractivity contribution < 1.29 is 9.53 Å². The number of carbonyl (C=O) groups excluding carboxylic acids is 1. The molecule has 0 aliphatic carbocycles. The maximum absolute atomic E-state index is 12.0. The van der Waals surface area contributed by atoms with Crippen LogP contribution in [0.2, 0.25) is 0 Å². The molecule has 0 aromatic heterocycles. The van der Waals surface area contributed by atoms with Crippen LogP contribution in [0.4, 0.5) is 11.4 Å². The van der Waals surface area contributed by atoms with Crippen molar-refractivity contribution in [2.75, 3.05) is 37.8 Å². The van der Waals surface area contributed by atoms with Crippen molar-refractivity contribution in [1.82, 2.24) is 4.90 Å². The smallest absolute Gasteiger partial charge is 0.225 e. The lowest BCUT2D eigenvalue weighted by atomic mass is 10.2. The molecule has 1 aromatic rings. The van der Waals surface area contributed by atoms with Gasteiger partial charge in [-0.05, 0) is 45.5 Å². The number of benzene rings is 1. The summed E-state index contributed by atoms with van der Waals surface area (Å²) in [5.41, 5.74) is 8.18. The second-order valence-electron chi connectivity index (χ2n) is 5.60. The van der Waals surface area contributed by atoms with Gasteiger partial charge in [-0.3, -0.25) is 4.79 Å². The van der Waals surface area contributed by atoms with Crippen LogP contribution in [0, 0.1) is 6.92 Å². The summed E-state index contributed by atoms with van der Waals surface area (Å²) in [5.74, 6) is 0.000304. The van der Waals surface area contributed by atoms with E-state index >= 15 is 0 Å². The van der Waals surface area contributed by atoms with Gasteiger partial charge in [0.05, 0.1) is 12.7 Å². The summed E-state index contributed by atoms with van der Waals surface area (Å²) in [7, 11) is 1.99. The minimum atomic E-state index is 0.000304. The number of anilines is 2. The lowest BCUT2D eigenvalue weighted by Gasteiger charge is -2.17. The van der Waals surface area contributed by atoms with E-state index in [1.807, 2.05) is 40.0 Å². The van der Waals surface area contributed by atoms with Crippen molar-refractivity contribution in [2.45, 2.75) is 33.3 Å². The average molecular weight is 293 g/mol. The van der Waals surface area contributed by atoms with Crippen molar-refractivity contribution in [3.05, 3.63) is 23.8 Å². The van der Waals surface area contributed by atoms with E-state index in [-0.39, 0.29) is 12.0 Å². The van der Waals surface area contributed by atoms with Crippen LogP contribution in [-0.4, -0.2) is 43.7 Å². The maximum Gasteiger partial charge on any atom is 0.225 e. The third-order valence-corrected chi connectivity index (χ3v) is 3.18. The molecular weight excluding hydrogens is 266 g/mol. The third kappa shape index (κ3) is 7.11. The molecule has 5 nitrogen and oxygen atoms in total. The van der Waals surface area contributed by atoms with Gasteiger partial charge in [-0.15, -0.1) is 0 Å². The monoisotopic (exact) mass is 293 g/mol. The highest BCUT2D eigenvalue weighted by molar-refractivity contribution is 5.92. The van der Waals surface area contributed by atoms with Crippen molar-refractivity contribution in [3.8, 4) is 0 Å². The molecular formula is C16H27N3O2. The Morgan fingerprint density at radius 2 is 2.10 bits per heavy atom. The normalized spacial score (nSPS) is 11.1. The highest BCUT2D eigenvalue weighted by atomic mass is 16.5. The molecule has 21 heavy (non-hydrogen) atoms. The number of likely N-dealkylation sites (N-methyl/N-ethyl adjacent to an activating group) is 1. The second kappa shape index (κ2) is 8.64. The van der Waals surface area contributed by atoms with E-state index in [4.69, 9.17) is 10.5 Å². The zero-order valence-corrected chi connectivity index (χ0v) is 13.5. The third-order valence-electron chi connectivity index (χ3n) is 3.18. The van der Waals surface area contributed by atoms with E-state index < -0.39 is 0 Å². The number of ether oxygens (including phenoxy) is 1. The molecule has 1 amide bonds. The Bertz CT molecular complexity index is 461. The molecule has 0 saturated heterocycles. The molecule has 0 radical (unpaired) electrons.